The van der Waals surface area contributed by atoms with Crippen LogP contribution in [0.1, 0.15) is 30.9 Å². The molecule has 27 heavy (non-hydrogen) atoms. The van der Waals surface area contributed by atoms with E-state index in [1.54, 1.807) is 21.1 Å². The third-order valence-corrected chi connectivity index (χ3v) is 6.78. The van der Waals surface area contributed by atoms with E-state index in [1.165, 1.54) is 6.20 Å². The lowest BCUT2D eigenvalue weighted by Gasteiger charge is -2.26. The molecule has 0 aliphatic carbocycles. The second kappa shape index (κ2) is 8.37. The number of aryl methyl sites for hydroxylation is 1. The second-order valence-electron chi connectivity index (χ2n) is 7.15. The van der Waals surface area contributed by atoms with E-state index < -0.39 is 10.0 Å². The summed E-state index contributed by atoms with van der Waals surface area (Å²) in [5, 5.41) is 7.53. The fraction of sp³-hybridized carbons (Fsp3) is 0.556. The van der Waals surface area contributed by atoms with E-state index in [1.807, 2.05) is 33.5 Å². The number of hydrogen-bond donors (Lipinski definition) is 1. The monoisotopic (exact) mass is 392 g/mol. The molecule has 1 unspecified atom stereocenters. The van der Waals surface area contributed by atoms with Gasteiger partial charge in [0.25, 0.3) is 0 Å². The lowest BCUT2D eigenvalue weighted by molar-refractivity contribution is 0.311. The molecule has 3 heterocycles. The molecule has 1 saturated heterocycles. The number of rotatable bonds is 7. The van der Waals surface area contributed by atoms with Crippen LogP contribution in [0.15, 0.2) is 35.6 Å². The summed E-state index contributed by atoms with van der Waals surface area (Å²) in [4.78, 5) is 6.68. The Kier molecular flexibility index (Phi) is 6.13. The van der Waals surface area contributed by atoms with Gasteiger partial charge in [-0.2, -0.15) is 9.40 Å². The van der Waals surface area contributed by atoms with Crippen LogP contribution >= 0.6 is 0 Å². The van der Waals surface area contributed by atoms with Gasteiger partial charge in [0.1, 0.15) is 10.7 Å². The third kappa shape index (κ3) is 4.66. The van der Waals surface area contributed by atoms with Crippen molar-refractivity contribution in [3.8, 4) is 0 Å². The maximum Gasteiger partial charge on any atom is 0.244 e. The highest BCUT2D eigenvalue weighted by Gasteiger charge is 2.26. The smallest absolute Gasteiger partial charge is 0.244 e. The van der Waals surface area contributed by atoms with E-state index in [2.05, 4.69) is 20.3 Å². The highest BCUT2D eigenvalue weighted by molar-refractivity contribution is 7.89. The minimum atomic E-state index is -3.44. The topological polar surface area (TPSA) is 83.4 Å². The van der Waals surface area contributed by atoms with Crippen molar-refractivity contribution < 1.29 is 8.42 Å². The maximum absolute atomic E-state index is 12.7. The molecule has 1 N–H and O–H groups in total. The highest BCUT2D eigenvalue weighted by Crippen LogP contribution is 2.22. The van der Waals surface area contributed by atoms with Crippen molar-refractivity contribution in [2.24, 2.45) is 7.05 Å². The summed E-state index contributed by atoms with van der Waals surface area (Å²) in [5.41, 5.74) is 1.11. The van der Waals surface area contributed by atoms with Crippen LogP contribution in [0.3, 0.4) is 0 Å². The van der Waals surface area contributed by atoms with Gasteiger partial charge in [0.2, 0.25) is 10.0 Å². The first-order valence-electron chi connectivity index (χ1n) is 9.23. The standard InChI is InChI=1S/C18H28N6O2S/c1-22(2)17(15-11-21-23(3)14-15)13-20-18-8-7-16(12-19-18)27(25,26)24-9-5-4-6-10-24/h7-8,11-12,14,17H,4-6,9-10,13H2,1-3H3,(H,19,20). The van der Waals surface area contributed by atoms with E-state index in [-0.39, 0.29) is 10.9 Å². The molecule has 1 aliphatic heterocycles. The number of anilines is 1. The summed E-state index contributed by atoms with van der Waals surface area (Å²) in [6.45, 7) is 1.83. The molecule has 2 aromatic heterocycles. The van der Waals surface area contributed by atoms with Crippen LogP contribution in [0.5, 0.6) is 0 Å². The minimum Gasteiger partial charge on any atom is -0.368 e. The van der Waals surface area contributed by atoms with E-state index >= 15 is 0 Å². The van der Waals surface area contributed by atoms with E-state index in [4.69, 9.17) is 0 Å². The van der Waals surface area contributed by atoms with Crippen molar-refractivity contribution >= 4 is 15.8 Å². The first kappa shape index (κ1) is 19.8. The molecule has 8 nitrogen and oxygen atoms in total. The van der Waals surface area contributed by atoms with Gasteiger partial charge in [-0.15, -0.1) is 0 Å². The van der Waals surface area contributed by atoms with Crippen LogP contribution in [0.4, 0.5) is 5.82 Å². The number of hydrogen-bond acceptors (Lipinski definition) is 6. The molecule has 1 fully saturated rings. The zero-order chi connectivity index (χ0) is 19.4. The number of sulfonamides is 1. The van der Waals surface area contributed by atoms with Gasteiger partial charge < -0.3 is 10.2 Å². The molecular weight excluding hydrogens is 364 g/mol. The molecule has 2 aromatic rings. The molecule has 0 saturated carbocycles. The zero-order valence-corrected chi connectivity index (χ0v) is 17.0. The Balaban J connectivity index is 1.66. The summed E-state index contributed by atoms with van der Waals surface area (Å²) in [6.07, 6.45) is 8.24. The van der Waals surface area contributed by atoms with Gasteiger partial charge in [-0.1, -0.05) is 6.42 Å². The molecular formula is C18H28N6O2S. The van der Waals surface area contributed by atoms with Gasteiger partial charge in [-0.25, -0.2) is 13.4 Å². The maximum atomic E-state index is 12.7. The normalized spacial score (nSPS) is 17.2. The lowest BCUT2D eigenvalue weighted by atomic mass is 10.1. The number of aromatic nitrogens is 3. The molecule has 0 bridgehead atoms. The van der Waals surface area contributed by atoms with E-state index in [0.29, 0.717) is 25.5 Å². The first-order valence-corrected chi connectivity index (χ1v) is 10.7. The van der Waals surface area contributed by atoms with Crippen molar-refractivity contribution in [1.29, 1.82) is 0 Å². The second-order valence-corrected chi connectivity index (χ2v) is 9.09. The summed E-state index contributed by atoms with van der Waals surface area (Å²) in [5.74, 6) is 0.656. The van der Waals surface area contributed by atoms with Crippen molar-refractivity contribution in [1.82, 2.24) is 24.0 Å². The van der Waals surface area contributed by atoms with E-state index in [9.17, 15) is 8.42 Å². The average Bonchev–Trinajstić information content (AvgIpc) is 3.09. The average molecular weight is 393 g/mol. The Morgan fingerprint density at radius 1 is 1.19 bits per heavy atom. The molecule has 0 amide bonds. The van der Waals surface area contributed by atoms with Crippen LogP contribution < -0.4 is 5.32 Å². The lowest BCUT2D eigenvalue weighted by Crippen LogP contribution is -2.35. The summed E-state index contributed by atoms with van der Waals surface area (Å²) in [7, 11) is 2.49. The number of piperidine rings is 1. The Morgan fingerprint density at radius 2 is 1.93 bits per heavy atom. The van der Waals surface area contributed by atoms with Crippen LogP contribution in [0.25, 0.3) is 0 Å². The van der Waals surface area contributed by atoms with Gasteiger partial charge in [0, 0.05) is 44.6 Å². The molecule has 3 rings (SSSR count). The number of pyridine rings is 1. The fourth-order valence-electron chi connectivity index (χ4n) is 3.30. The van der Waals surface area contributed by atoms with Gasteiger partial charge in [-0.05, 0) is 39.1 Å². The van der Waals surface area contributed by atoms with E-state index in [0.717, 1.165) is 24.8 Å². The van der Waals surface area contributed by atoms with Gasteiger partial charge in [0.05, 0.1) is 12.2 Å². The molecule has 0 radical (unpaired) electrons. The van der Waals surface area contributed by atoms with Crippen molar-refractivity contribution in [2.45, 2.75) is 30.2 Å². The Bertz CT molecular complexity index is 841. The summed E-state index contributed by atoms with van der Waals surface area (Å²) < 4.78 is 28.7. The SMILES string of the molecule is CN(C)C(CNc1ccc(S(=O)(=O)N2CCCCC2)cn1)c1cnn(C)c1. The first-order chi connectivity index (χ1) is 12.9. The largest absolute Gasteiger partial charge is 0.368 e. The molecule has 148 valence electrons. The number of nitrogens with zero attached hydrogens (tertiary/aromatic N) is 5. The highest BCUT2D eigenvalue weighted by atomic mass is 32.2. The molecule has 0 spiro atoms. The van der Waals surface area contributed by atoms with Crippen molar-refractivity contribution in [3.05, 3.63) is 36.3 Å². The van der Waals surface area contributed by atoms with Crippen LogP contribution in [0, 0.1) is 0 Å². The van der Waals surface area contributed by atoms with Gasteiger partial charge in [0.15, 0.2) is 0 Å². The predicted octanol–water partition coefficient (Wildman–Crippen LogP) is 1.70. The summed E-state index contributed by atoms with van der Waals surface area (Å²) >= 11 is 0. The van der Waals surface area contributed by atoms with Crippen molar-refractivity contribution in [2.75, 3.05) is 39.0 Å². The van der Waals surface area contributed by atoms with Crippen molar-refractivity contribution in [3.63, 3.8) is 0 Å². The molecule has 9 heteroatoms. The number of nitrogens with one attached hydrogen (secondary N) is 1. The Hall–Kier alpha value is -1.97. The Morgan fingerprint density at radius 3 is 2.48 bits per heavy atom. The zero-order valence-electron chi connectivity index (χ0n) is 16.2. The van der Waals surface area contributed by atoms with Gasteiger partial charge >= 0.3 is 0 Å². The Labute approximate surface area is 161 Å². The minimum absolute atomic E-state index is 0.136. The third-order valence-electron chi connectivity index (χ3n) is 4.90. The molecule has 1 aliphatic rings. The molecule has 1 atom stereocenters. The quantitative estimate of drug-likeness (QED) is 0.772. The van der Waals surface area contributed by atoms with Crippen LogP contribution in [0.2, 0.25) is 0 Å². The fourth-order valence-corrected chi connectivity index (χ4v) is 4.77. The molecule has 0 aromatic carbocycles. The van der Waals surface area contributed by atoms with Crippen LogP contribution in [-0.4, -0.2) is 66.1 Å². The number of likely N-dealkylation sites (N-methyl/N-ethyl adjacent to an activating group) is 1. The van der Waals surface area contributed by atoms with Crippen LogP contribution in [-0.2, 0) is 17.1 Å². The predicted molar refractivity (Wildman–Crippen MR) is 105 cm³/mol. The summed E-state index contributed by atoms with van der Waals surface area (Å²) in [6, 6.07) is 3.50. The van der Waals surface area contributed by atoms with Gasteiger partial charge in [-0.3, -0.25) is 4.68 Å².